The maximum atomic E-state index is 6.14. The number of guanidine groups is 1. The fourth-order valence-corrected chi connectivity index (χ4v) is 3.01. The predicted molar refractivity (Wildman–Crippen MR) is 110 cm³/mol. The van der Waals surface area contributed by atoms with Crippen LogP contribution in [0.3, 0.4) is 0 Å². The van der Waals surface area contributed by atoms with Crippen LogP contribution >= 0.6 is 24.0 Å². The van der Waals surface area contributed by atoms with Crippen LogP contribution in [-0.2, 0) is 11.2 Å². The molecule has 24 heavy (non-hydrogen) atoms. The normalized spacial score (nSPS) is 17.1. The minimum absolute atomic E-state index is 0. The molecule has 0 aromatic carbocycles. The third-order valence-electron chi connectivity index (χ3n) is 4.33. The second kappa shape index (κ2) is 11.6. The molecule has 0 unspecified atom stereocenters. The van der Waals surface area contributed by atoms with Crippen molar-refractivity contribution in [3.05, 3.63) is 30.1 Å². The number of nitrogens with two attached hydrogens (primary N) is 1. The third-order valence-corrected chi connectivity index (χ3v) is 4.33. The van der Waals surface area contributed by atoms with Crippen molar-refractivity contribution in [1.29, 1.82) is 0 Å². The molecule has 0 amide bonds. The van der Waals surface area contributed by atoms with Gasteiger partial charge in [-0.15, -0.1) is 24.0 Å². The van der Waals surface area contributed by atoms with Crippen LogP contribution in [0.15, 0.2) is 29.4 Å². The molecule has 0 spiro atoms. The molecular weight excluding hydrogens is 415 g/mol. The molecule has 136 valence electrons. The molecule has 0 bridgehead atoms. The summed E-state index contributed by atoms with van der Waals surface area (Å²) in [5, 5.41) is 3.18. The standard InChI is InChI=1S/C18H30N4O.HI/c1-2-14-23-18(10-5-3-6-11-18)15-22-17(19)21-13-9-16-8-4-7-12-20-16;/h4,7-8,12H,2-3,5-6,9-11,13-15H2,1H3,(H3,19,21,22);1H. The average molecular weight is 446 g/mol. The van der Waals surface area contributed by atoms with Crippen molar-refractivity contribution >= 4 is 29.9 Å². The molecule has 1 aliphatic rings. The highest BCUT2D eigenvalue weighted by molar-refractivity contribution is 14.0. The molecule has 3 N–H and O–H groups in total. The van der Waals surface area contributed by atoms with Crippen molar-refractivity contribution in [2.24, 2.45) is 10.7 Å². The lowest BCUT2D eigenvalue weighted by Gasteiger charge is -2.36. The Balaban J connectivity index is 0.00000288. The van der Waals surface area contributed by atoms with E-state index in [0.29, 0.717) is 12.5 Å². The largest absolute Gasteiger partial charge is 0.373 e. The van der Waals surface area contributed by atoms with Crippen LogP contribution in [0.5, 0.6) is 0 Å². The molecule has 0 saturated heterocycles. The van der Waals surface area contributed by atoms with E-state index >= 15 is 0 Å². The number of ether oxygens (including phenoxy) is 1. The average Bonchev–Trinajstić information content (AvgIpc) is 2.60. The number of halogens is 1. The number of nitrogens with zero attached hydrogens (tertiary/aromatic N) is 2. The van der Waals surface area contributed by atoms with E-state index < -0.39 is 0 Å². The molecule has 1 fully saturated rings. The van der Waals surface area contributed by atoms with Gasteiger partial charge in [-0.05, 0) is 31.4 Å². The zero-order valence-corrected chi connectivity index (χ0v) is 17.0. The molecule has 0 aliphatic heterocycles. The number of aliphatic imine (C=N–C) groups is 1. The first-order chi connectivity index (χ1) is 11.2. The van der Waals surface area contributed by atoms with E-state index in [-0.39, 0.29) is 29.6 Å². The highest BCUT2D eigenvalue weighted by Gasteiger charge is 2.32. The van der Waals surface area contributed by atoms with E-state index in [2.05, 4.69) is 22.2 Å². The van der Waals surface area contributed by atoms with Crippen molar-refractivity contribution in [3.63, 3.8) is 0 Å². The van der Waals surface area contributed by atoms with Gasteiger partial charge < -0.3 is 15.8 Å². The minimum Gasteiger partial charge on any atom is -0.373 e. The predicted octanol–water partition coefficient (Wildman–Crippen LogP) is 3.28. The van der Waals surface area contributed by atoms with Gasteiger partial charge in [0.05, 0.1) is 12.1 Å². The first-order valence-corrected chi connectivity index (χ1v) is 8.82. The summed E-state index contributed by atoms with van der Waals surface area (Å²) in [5.41, 5.74) is 6.97. The summed E-state index contributed by atoms with van der Waals surface area (Å²) in [4.78, 5) is 8.84. The number of pyridine rings is 1. The van der Waals surface area contributed by atoms with Gasteiger partial charge in [-0.25, -0.2) is 0 Å². The molecule has 1 saturated carbocycles. The van der Waals surface area contributed by atoms with Crippen LogP contribution in [0, 0.1) is 0 Å². The van der Waals surface area contributed by atoms with Crippen LogP contribution in [0.2, 0.25) is 0 Å². The van der Waals surface area contributed by atoms with E-state index in [1.165, 1.54) is 19.3 Å². The zero-order valence-electron chi connectivity index (χ0n) is 14.7. The van der Waals surface area contributed by atoms with Crippen LogP contribution in [0.25, 0.3) is 0 Å². The third kappa shape index (κ3) is 7.34. The first kappa shape index (κ1) is 21.2. The van der Waals surface area contributed by atoms with Crippen LogP contribution < -0.4 is 11.1 Å². The Bertz CT molecular complexity index is 475. The second-order valence-electron chi connectivity index (χ2n) is 6.29. The van der Waals surface area contributed by atoms with E-state index in [4.69, 9.17) is 10.5 Å². The van der Waals surface area contributed by atoms with Gasteiger partial charge in [0, 0.05) is 31.5 Å². The van der Waals surface area contributed by atoms with Gasteiger partial charge in [-0.3, -0.25) is 9.98 Å². The molecular formula is C18H31IN4O. The van der Waals surface area contributed by atoms with Crippen molar-refractivity contribution < 1.29 is 4.74 Å². The van der Waals surface area contributed by atoms with E-state index in [1.807, 2.05) is 24.4 Å². The Morgan fingerprint density at radius 3 is 2.79 bits per heavy atom. The summed E-state index contributed by atoms with van der Waals surface area (Å²) in [5.74, 6) is 0.506. The Kier molecular flexibility index (Phi) is 10.2. The summed E-state index contributed by atoms with van der Waals surface area (Å²) in [6.07, 6.45) is 9.65. The van der Waals surface area contributed by atoms with Gasteiger partial charge in [0.25, 0.3) is 0 Å². The highest BCUT2D eigenvalue weighted by Crippen LogP contribution is 2.32. The SMILES string of the molecule is CCCOC1(CN=C(N)NCCc2ccccn2)CCCCC1.I. The van der Waals surface area contributed by atoms with Gasteiger partial charge in [0.1, 0.15) is 0 Å². The van der Waals surface area contributed by atoms with E-state index in [9.17, 15) is 0 Å². The molecule has 2 rings (SSSR count). The van der Waals surface area contributed by atoms with E-state index in [1.54, 1.807) is 0 Å². The Morgan fingerprint density at radius 1 is 1.33 bits per heavy atom. The van der Waals surface area contributed by atoms with Crippen molar-refractivity contribution in [3.8, 4) is 0 Å². The lowest BCUT2D eigenvalue weighted by molar-refractivity contribution is -0.0624. The lowest BCUT2D eigenvalue weighted by atomic mass is 9.84. The van der Waals surface area contributed by atoms with Crippen molar-refractivity contribution in [2.75, 3.05) is 19.7 Å². The summed E-state index contributed by atoms with van der Waals surface area (Å²) >= 11 is 0. The number of aromatic nitrogens is 1. The van der Waals surface area contributed by atoms with Crippen LogP contribution in [0.4, 0.5) is 0 Å². The Labute approximate surface area is 162 Å². The quantitative estimate of drug-likeness (QED) is 0.365. The molecule has 5 nitrogen and oxygen atoms in total. The number of nitrogens with one attached hydrogen (secondary N) is 1. The molecule has 0 atom stereocenters. The van der Waals surface area contributed by atoms with Gasteiger partial charge in [-0.1, -0.05) is 32.3 Å². The fourth-order valence-electron chi connectivity index (χ4n) is 3.01. The topological polar surface area (TPSA) is 72.5 Å². The maximum absolute atomic E-state index is 6.14. The van der Waals surface area contributed by atoms with Gasteiger partial charge >= 0.3 is 0 Å². The highest BCUT2D eigenvalue weighted by atomic mass is 127. The summed E-state index contributed by atoms with van der Waals surface area (Å²) < 4.78 is 6.14. The van der Waals surface area contributed by atoms with Gasteiger partial charge in [-0.2, -0.15) is 0 Å². The van der Waals surface area contributed by atoms with E-state index in [0.717, 1.165) is 44.5 Å². The smallest absolute Gasteiger partial charge is 0.188 e. The molecule has 1 aliphatic carbocycles. The maximum Gasteiger partial charge on any atom is 0.188 e. The molecule has 1 aromatic heterocycles. The monoisotopic (exact) mass is 446 g/mol. The minimum atomic E-state index is -0.0957. The first-order valence-electron chi connectivity index (χ1n) is 8.82. The zero-order chi connectivity index (χ0) is 16.4. The molecule has 6 heteroatoms. The lowest BCUT2D eigenvalue weighted by Crippen LogP contribution is -2.41. The molecule has 0 radical (unpaired) electrons. The summed E-state index contributed by atoms with van der Waals surface area (Å²) in [6, 6.07) is 5.94. The van der Waals surface area contributed by atoms with Gasteiger partial charge in [0.2, 0.25) is 0 Å². The Hall–Kier alpha value is -0.890. The van der Waals surface area contributed by atoms with Crippen molar-refractivity contribution in [1.82, 2.24) is 10.3 Å². The molecule has 1 heterocycles. The molecule has 1 aromatic rings. The van der Waals surface area contributed by atoms with Crippen LogP contribution in [-0.4, -0.2) is 36.2 Å². The summed E-state index contributed by atoms with van der Waals surface area (Å²) in [6.45, 7) is 4.36. The number of hydrogen-bond donors (Lipinski definition) is 2. The fraction of sp³-hybridized carbons (Fsp3) is 0.667. The number of hydrogen-bond acceptors (Lipinski definition) is 3. The van der Waals surface area contributed by atoms with Gasteiger partial charge in [0.15, 0.2) is 5.96 Å². The Morgan fingerprint density at radius 2 is 2.12 bits per heavy atom. The number of rotatable bonds is 8. The second-order valence-corrected chi connectivity index (χ2v) is 6.29. The van der Waals surface area contributed by atoms with Crippen molar-refractivity contribution in [2.45, 2.75) is 57.5 Å². The van der Waals surface area contributed by atoms with Crippen LogP contribution in [0.1, 0.15) is 51.1 Å². The summed E-state index contributed by atoms with van der Waals surface area (Å²) in [7, 11) is 0.